The van der Waals surface area contributed by atoms with E-state index in [2.05, 4.69) is 0 Å². The second-order valence-electron chi connectivity index (χ2n) is 4.31. The van der Waals surface area contributed by atoms with Crippen molar-refractivity contribution in [2.24, 2.45) is 5.92 Å². The predicted molar refractivity (Wildman–Crippen MR) is 59.5 cm³/mol. The first-order valence-electron chi connectivity index (χ1n) is 5.49. The van der Waals surface area contributed by atoms with Gasteiger partial charge in [-0.2, -0.15) is 0 Å². The Bertz CT molecular complexity index is 415. The van der Waals surface area contributed by atoms with Gasteiger partial charge in [0.1, 0.15) is 5.78 Å². The Morgan fingerprint density at radius 2 is 2.00 bits per heavy atom. The number of Topliss-reactive ketones (excluding diaryl/α,β-unsaturated/α-hetero) is 1. The van der Waals surface area contributed by atoms with E-state index < -0.39 is 5.97 Å². The molecule has 0 amide bonds. The van der Waals surface area contributed by atoms with E-state index in [1.807, 2.05) is 12.1 Å². The summed E-state index contributed by atoms with van der Waals surface area (Å²) in [6.45, 7) is 0. The van der Waals surface area contributed by atoms with Gasteiger partial charge < -0.3 is 5.11 Å². The van der Waals surface area contributed by atoms with E-state index >= 15 is 0 Å². The van der Waals surface area contributed by atoms with E-state index in [9.17, 15) is 9.59 Å². The molecule has 16 heavy (non-hydrogen) atoms. The summed E-state index contributed by atoms with van der Waals surface area (Å²) in [4.78, 5) is 21.8. The van der Waals surface area contributed by atoms with E-state index in [1.54, 1.807) is 12.1 Å². The Balaban J connectivity index is 1.98. The molecule has 0 atom stereocenters. The fourth-order valence-electron chi connectivity index (χ4n) is 2.09. The summed E-state index contributed by atoms with van der Waals surface area (Å²) >= 11 is 0. The smallest absolute Gasteiger partial charge is 0.335 e. The van der Waals surface area contributed by atoms with Crippen LogP contribution < -0.4 is 0 Å². The molecule has 0 heterocycles. The highest BCUT2D eigenvalue weighted by Crippen LogP contribution is 2.28. The fraction of sp³-hybridized carbons (Fsp3) is 0.385. The quantitative estimate of drug-likeness (QED) is 0.843. The maximum Gasteiger partial charge on any atom is 0.335 e. The molecule has 1 aromatic carbocycles. The minimum atomic E-state index is -0.875. The molecule has 1 N–H and O–H groups in total. The molecule has 1 aliphatic carbocycles. The third-order valence-electron chi connectivity index (χ3n) is 3.10. The van der Waals surface area contributed by atoms with Gasteiger partial charge in [0, 0.05) is 12.8 Å². The highest BCUT2D eigenvalue weighted by molar-refractivity contribution is 5.89. The number of benzene rings is 1. The van der Waals surface area contributed by atoms with Crippen LogP contribution in [0.3, 0.4) is 0 Å². The molecule has 1 aliphatic rings. The second kappa shape index (κ2) is 4.47. The van der Waals surface area contributed by atoms with Crippen molar-refractivity contribution in [3.05, 3.63) is 35.4 Å². The van der Waals surface area contributed by atoms with Gasteiger partial charge in [0.2, 0.25) is 0 Å². The van der Waals surface area contributed by atoms with Crippen molar-refractivity contribution in [2.45, 2.75) is 25.7 Å². The van der Waals surface area contributed by atoms with E-state index in [4.69, 9.17) is 5.11 Å². The summed E-state index contributed by atoms with van der Waals surface area (Å²) in [7, 11) is 0. The summed E-state index contributed by atoms with van der Waals surface area (Å²) in [5, 5.41) is 8.99. The van der Waals surface area contributed by atoms with Gasteiger partial charge in [-0.25, -0.2) is 4.79 Å². The van der Waals surface area contributed by atoms with E-state index in [0.717, 1.165) is 18.4 Å². The summed E-state index contributed by atoms with van der Waals surface area (Å²) in [5.74, 6) is -0.0776. The minimum Gasteiger partial charge on any atom is -0.478 e. The van der Waals surface area contributed by atoms with Crippen molar-refractivity contribution in [1.82, 2.24) is 0 Å². The fourth-order valence-corrected chi connectivity index (χ4v) is 2.09. The molecule has 84 valence electrons. The molecule has 0 saturated heterocycles. The average molecular weight is 218 g/mol. The zero-order valence-electron chi connectivity index (χ0n) is 8.98. The Hall–Kier alpha value is -1.64. The van der Waals surface area contributed by atoms with E-state index in [1.165, 1.54) is 0 Å². The van der Waals surface area contributed by atoms with Crippen LogP contribution in [0, 0.1) is 5.92 Å². The van der Waals surface area contributed by atoms with Gasteiger partial charge in [-0.15, -0.1) is 0 Å². The lowest BCUT2D eigenvalue weighted by molar-refractivity contribution is -0.126. The van der Waals surface area contributed by atoms with Gasteiger partial charge in [0.25, 0.3) is 0 Å². The first-order chi connectivity index (χ1) is 7.66. The summed E-state index contributed by atoms with van der Waals surface area (Å²) < 4.78 is 0. The molecule has 0 bridgehead atoms. The lowest BCUT2D eigenvalue weighted by atomic mass is 9.80. The SMILES string of the molecule is O=C1CC(CCc2ccccc2C(=O)O)C1. The maximum absolute atomic E-state index is 10.9. The monoisotopic (exact) mass is 218 g/mol. The molecule has 1 aromatic rings. The van der Waals surface area contributed by atoms with Gasteiger partial charge in [-0.3, -0.25) is 4.79 Å². The molecule has 0 spiro atoms. The average Bonchev–Trinajstić information content (AvgIpc) is 2.23. The van der Waals surface area contributed by atoms with Crippen LogP contribution in [0.4, 0.5) is 0 Å². The van der Waals surface area contributed by atoms with Crippen molar-refractivity contribution in [3.8, 4) is 0 Å². The Labute approximate surface area is 94.1 Å². The first-order valence-corrected chi connectivity index (χ1v) is 5.49. The lowest BCUT2D eigenvalue weighted by Crippen LogP contribution is -2.23. The number of hydrogen-bond acceptors (Lipinski definition) is 2. The molecule has 3 heteroatoms. The number of hydrogen-bond donors (Lipinski definition) is 1. The van der Waals surface area contributed by atoms with Crippen LogP contribution in [0.1, 0.15) is 35.2 Å². The topological polar surface area (TPSA) is 54.4 Å². The van der Waals surface area contributed by atoms with Crippen molar-refractivity contribution in [3.63, 3.8) is 0 Å². The second-order valence-corrected chi connectivity index (χ2v) is 4.31. The molecular formula is C13H14O3. The van der Waals surface area contributed by atoms with Crippen LogP contribution in [0.15, 0.2) is 24.3 Å². The Morgan fingerprint density at radius 3 is 2.62 bits per heavy atom. The van der Waals surface area contributed by atoms with Crippen molar-refractivity contribution in [1.29, 1.82) is 0 Å². The molecule has 1 fully saturated rings. The van der Waals surface area contributed by atoms with Crippen molar-refractivity contribution >= 4 is 11.8 Å². The molecule has 0 aliphatic heterocycles. The molecule has 0 radical (unpaired) electrons. The lowest BCUT2D eigenvalue weighted by Gasteiger charge is -2.23. The maximum atomic E-state index is 10.9. The number of carbonyl (C=O) groups is 2. The van der Waals surface area contributed by atoms with Crippen LogP contribution in [0.25, 0.3) is 0 Å². The minimum absolute atomic E-state index is 0.330. The highest BCUT2D eigenvalue weighted by Gasteiger charge is 2.26. The van der Waals surface area contributed by atoms with Crippen molar-refractivity contribution < 1.29 is 14.7 Å². The van der Waals surface area contributed by atoms with Crippen LogP contribution >= 0.6 is 0 Å². The zero-order chi connectivity index (χ0) is 11.5. The highest BCUT2D eigenvalue weighted by atomic mass is 16.4. The zero-order valence-corrected chi connectivity index (χ0v) is 8.98. The normalized spacial score (nSPS) is 15.9. The van der Waals surface area contributed by atoms with Crippen LogP contribution in [-0.4, -0.2) is 16.9 Å². The number of aryl methyl sites for hydroxylation is 1. The van der Waals surface area contributed by atoms with Crippen LogP contribution in [0.2, 0.25) is 0 Å². The summed E-state index contributed by atoms with van der Waals surface area (Å²) in [5.41, 5.74) is 1.25. The van der Waals surface area contributed by atoms with Crippen LogP contribution in [0.5, 0.6) is 0 Å². The molecule has 2 rings (SSSR count). The standard InChI is InChI=1S/C13H14O3/c14-11-7-9(8-11)5-6-10-3-1-2-4-12(10)13(15)16/h1-4,9H,5-8H2,(H,15,16). The van der Waals surface area contributed by atoms with Gasteiger partial charge >= 0.3 is 5.97 Å². The first kappa shape index (κ1) is 10.9. The number of rotatable bonds is 4. The van der Waals surface area contributed by atoms with E-state index in [-0.39, 0.29) is 0 Å². The number of ketones is 1. The molecular weight excluding hydrogens is 204 g/mol. The Morgan fingerprint density at radius 1 is 1.31 bits per heavy atom. The Kier molecular flexibility index (Phi) is 3.04. The third kappa shape index (κ3) is 2.30. The van der Waals surface area contributed by atoms with Crippen molar-refractivity contribution in [2.75, 3.05) is 0 Å². The molecule has 1 saturated carbocycles. The number of carboxylic acids is 1. The third-order valence-corrected chi connectivity index (χ3v) is 3.10. The predicted octanol–water partition coefficient (Wildman–Crippen LogP) is 2.30. The molecule has 0 unspecified atom stereocenters. The number of carboxylic acid groups (broad SMARTS) is 1. The number of aromatic carboxylic acids is 1. The largest absolute Gasteiger partial charge is 0.478 e. The summed E-state index contributed by atoms with van der Waals surface area (Å²) in [6, 6.07) is 7.07. The van der Waals surface area contributed by atoms with Gasteiger partial charge in [-0.05, 0) is 30.4 Å². The summed E-state index contributed by atoms with van der Waals surface area (Å²) in [6.07, 6.45) is 3.01. The van der Waals surface area contributed by atoms with E-state index in [0.29, 0.717) is 30.1 Å². The van der Waals surface area contributed by atoms with Crippen LogP contribution in [-0.2, 0) is 11.2 Å². The number of carbonyl (C=O) groups excluding carboxylic acids is 1. The molecule has 3 nitrogen and oxygen atoms in total. The van der Waals surface area contributed by atoms with Gasteiger partial charge in [-0.1, -0.05) is 18.2 Å². The van der Waals surface area contributed by atoms with Gasteiger partial charge in [0.15, 0.2) is 0 Å². The van der Waals surface area contributed by atoms with Gasteiger partial charge in [0.05, 0.1) is 5.56 Å². The molecule has 0 aromatic heterocycles.